The Balaban J connectivity index is 2.39. The van der Waals surface area contributed by atoms with Gasteiger partial charge in [0, 0.05) is 6.54 Å². The summed E-state index contributed by atoms with van der Waals surface area (Å²) < 4.78 is 0. The highest BCUT2D eigenvalue weighted by atomic mass is 16.2. The van der Waals surface area contributed by atoms with Crippen molar-refractivity contribution in [2.45, 2.75) is 26.7 Å². The Hall–Kier alpha value is -1.39. The normalized spacial score (nSPS) is 23.6. The van der Waals surface area contributed by atoms with E-state index in [1.54, 1.807) is 4.90 Å². The van der Waals surface area contributed by atoms with Gasteiger partial charge in [0.05, 0.1) is 6.54 Å². The molecule has 0 aromatic carbocycles. The summed E-state index contributed by atoms with van der Waals surface area (Å²) in [6.07, 6.45) is 1.08. The fourth-order valence-electron chi connectivity index (χ4n) is 2.20. The van der Waals surface area contributed by atoms with Gasteiger partial charge in [-0.3, -0.25) is 24.8 Å². The van der Waals surface area contributed by atoms with Crippen molar-refractivity contribution in [3.8, 4) is 0 Å². The monoisotopic (exact) mass is 209 g/mol. The van der Waals surface area contributed by atoms with Crippen LogP contribution in [0.1, 0.15) is 26.7 Å². The first-order chi connectivity index (χ1) is 7.15. The molecule has 5 heteroatoms. The lowest BCUT2D eigenvalue weighted by Gasteiger charge is -2.37. The molecule has 5 nitrogen and oxygen atoms in total. The summed E-state index contributed by atoms with van der Waals surface area (Å²) in [4.78, 5) is 29.8. The molecule has 0 saturated carbocycles. The fraction of sp³-hybridized carbons (Fsp3) is 0.700. The predicted molar refractivity (Wildman–Crippen MR) is 55.2 cm³/mol. The Morgan fingerprint density at radius 2 is 2.07 bits per heavy atom. The average Bonchev–Trinajstić information content (AvgIpc) is 2.68. The van der Waals surface area contributed by atoms with E-state index in [0.29, 0.717) is 31.9 Å². The van der Waals surface area contributed by atoms with E-state index in [2.05, 4.69) is 10.3 Å². The molecule has 0 aromatic rings. The average molecular weight is 209 g/mol. The highest BCUT2D eigenvalue weighted by Crippen LogP contribution is 2.32. The van der Waals surface area contributed by atoms with Gasteiger partial charge >= 0.3 is 0 Å². The van der Waals surface area contributed by atoms with E-state index < -0.39 is 5.41 Å². The van der Waals surface area contributed by atoms with Crippen LogP contribution in [0.15, 0.2) is 4.99 Å². The number of carbonyl (C=O) groups is 2. The third kappa shape index (κ3) is 1.19. The zero-order chi connectivity index (χ0) is 11.1. The number of hydrogen-bond donors (Lipinski definition) is 1. The van der Waals surface area contributed by atoms with Crippen LogP contribution in [-0.4, -0.2) is 35.8 Å². The van der Waals surface area contributed by atoms with Crippen LogP contribution in [-0.2, 0) is 9.59 Å². The van der Waals surface area contributed by atoms with Gasteiger partial charge in [0.15, 0.2) is 0 Å². The van der Waals surface area contributed by atoms with Gasteiger partial charge in [-0.05, 0) is 12.8 Å². The number of guanidine groups is 1. The van der Waals surface area contributed by atoms with Crippen molar-refractivity contribution in [3.63, 3.8) is 0 Å². The molecule has 2 rings (SSSR count). The molecule has 2 heterocycles. The maximum Gasteiger partial charge on any atom is 0.245 e. The Morgan fingerprint density at radius 3 is 2.67 bits per heavy atom. The molecule has 0 aliphatic carbocycles. The second-order valence-electron chi connectivity index (χ2n) is 3.91. The first kappa shape index (κ1) is 10.1. The van der Waals surface area contributed by atoms with E-state index in [-0.39, 0.29) is 11.8 Å². The minimum atomic E-state index is -0.872. The molecule has 2 aliphatic heterocycles. The van der Waals surface area contributed by atoms with Crippen LogP contribution in [0.25, 0.3) is 0 Å². The van der Waals surface area contributed by atoms with E-state index in [1.807, 2.05) is 13.8 Å². The zero-order valence-corrected chi connectivity index (χ0v) is 9.04. The number of fused-ring (bicyclic) bond motifs is 1. The van der Waals surface area contributed by atoms with Crippen molar-refractivity contribution >= 4 is 17.8 Å². The van der Waals surface area contributed by atoms with Gasteiger partial charge < -0.3 is 0 Å². The molecule has 1 N–H and O–H groups in total. The molecular formula is C10H15N3O2. The maximum atomic E-state index is 12.2. The summed E-state index contributed by atoms with van der Waals surface area (Å²) in [6, 6.07) is 0. The van der Waals surface area contributed by atoms with Crippen LogP contribution in [0.3, 0.4) is 0 Å². The molecule has 0 radical (unpaired) electrons. The highest BCUT2D eigenvalue weighted by Gasteiger charge is 2.51. The molecule has 0 bridgehead atoms. The van der Waals surface area contributed by atoms with Gasteiger partial charge in [-0.2, -0.15) is 0 Å². The number of carbonyl (C=O) groups excluding carboxylic acids is 2. The molecular weight excluding hydrogens is 194 g/mol. The van der Waals surface area contributed by atoms with Crippen LogP contribution >= 0.6 is 0 Å². The number of aliphatic imine (C=N–C) groups is 1. The van der Waals surface area contributed by atoms with E-state index >= 15 is 0 Å². The van der Waals surface area contributed by atoms with E-state index in [9.17, 15) is 9.59 Å². The third-order valence-corrected chi connectivity index (χ3v) is 3.36. The summed E-state index contributed by atoms with van der Waals surface area (Å²) >= 11 is 0. The smallest absolute Gasteiger partial charge is 0.245 e. The standard InChI is InChI=1S/C10H15N3O2/c1-3-10(4-2)7(14)12-9-11-5-6-13(9)8(10)15/h3-6H2,1-2H3,(H,11,12,14). The minimum absolute atomic E-state index is 0.0903. The quantitative estimate of drug-likeness (QED) is 0.657. The summed E-state index contributed by atoms with van der Waals surface area (Å²) in [5.41, 5.74) is -0.872. The molecule has 1 fully saturated rings. The van der Waals surface area contributed by atoms with Crippen LogP contribution in [0, 0.1) is 5.41 Å². The van der Waals surface area contributed by atoms with Crippen molar-refractivity contribution in [1.82, 2.24) is 10.2 Å². The fourth-order valence-corrected chi connectivity index (χ4v) is 2.20. The van der Waals surface area contributed by atoms with Crippen molar-refractivity contribution in [2.75, 3.05) is 13.1 Å². The van der Waals surface area contributed by atoms with Gasteiger partial charge in [-0.25, -0.2) is 0 Å². The van der Waals surface area contributed by atoms with Gasteiger partial charge in [-0.1, -0.05) is 13.8 Å². The van der Waals surface area contributed by atoms with Crippen LogP contribution in [0.5, 0.6) is 0 Å². The largest absolute Gasteiger partial charge is 0.295 e. The molecule has 2 aliphatic rings. The molecule has 82 valence electrons. The lowest BCUT2D eigenvalue weighted by Crippen LogP contribution is -2.62. The Labute approximate surface area is 88.5 Å². The Bertz CT molecular complexity index is 345. The predicted octanol–water partition coefficient (Wildman–Crippen LogP) is 0.121. The van der Waals surface area contributed by atoms with Crippen molar-refractivity contribution in [3.05, 3.63) is 0 Å². The number of amides is 2. The van der Waals surface area contributed by atoms with Crippen LogP contribution in [0.2, 0.25) is 0 Å². The number of nitrogens with zero attached hydrogens (tertiary/aromatic N) is 2. The molecule has 0 unspecified atom stereocenters. The highest BCUT2D eigenvalue weighted by molar-refractivity contribution is 6.20. The summed E-state index contributed by atoms with van der Waals surface area (Å²) in [6.45, 7) is 4.93. The molecule has 2 amide bonds. The van der Waals surface area contributed by atoms with Gasteiger partial charge in [0.1, 0.15) is 5.41 Å². The SMILES string of the molecule is CCC1(CC)C(=O)NC2=NCCN2C1=O. The van der Waals surface area contributed by atoms with Gasteiger partial charge in [0.25, 0.3) is 0 Å². The number of rotatable bonds is 2. The summed E-state index contributed by atoms with van der Waals surface area (Å²) in [5.74, 6) is 0.143. The van der Waals surface area contributed by atoms with Gasteiger partial charge in [-0.15, -0.1) is 0 Å². The number of hydrogen-bond acceptors (Lipinski definition) is 3. The maximum absolute atomic E-state index is 12.2. The lowest BCUT2D eigenvalue weighted by molar-refractivity contribution is -0.150. The van der Waals surface area contributed by atoms with E-state index in [4.69, 9.17) is 0 Å². The number of nitrogens with one attached hydrogen (secondary N) is 1. The second-order valence-corrected chi connectivity index (χ2v) is 3.91. The second kappa shape index (κ2) is 3.32. The Kier molecular flexibility index (Phi) is 2.25. The van der Waals surface area contributed by atoms with E-state index in [0.717, 1.165) is 0 Å². The van der Waals surface area contributed by atoms with Crippen molar-refractivity contribution < 1.29 is 9.59 Å². The summed E-state index contributed by atoms with van der Waals surface area (Å²) in [5, 5.41) is 2.72. The lowest BCUT2D eigenvalue weighted by atomic mass is 9.79. The third-order valence-electron chi connectivity index (χ3n) is 3.36. The van der Waals surface area contributed by atoms with Crippen molar-refractivity contribution in [2.24, 2.45) is 10.4 Å². The van der Waals surface area contributed by atoms with Crippen LogP contribution < -0.4 is 5.32 Å². The molecule has 1 saturated heterocycles. The first-order valence-electron chi connectivity index (χ1n) is 5.33. The van der Waals surface area contributed by atoms with E-state index in [1.165, 1.54) is 0 Å². The first-order valence-corrected chi connectivity index (χ1v) is 5.33. The molecule has 15 heavy (non-hydrogen) atoms. The topological polar surface area (TPSA) is 61.8 Å². The molecule has 0 spiro atoms. The Morgan fingerprint density at radius 1 is 1.40 bits per heavy atom. The molecule has 0 aromatic heterocycles. The summed E-state index contributed by atoms with van der Waals surface area (Å²) in [7, 11) is 0. The minimum Gasteiger partial charge on any atom is -0.295 e. The molecule has 0 atom stereocenters. The zero-order valence-electron chi connectivity index (χ0n) is 9.04. The van der Waals surface area contributed by atoms with Crippen LogP contribution in [0.4, 0.5) is 0 Å². The van der Waals surface area contributed by atoms with Gasteiger partial charge in [0.2, 0.25) is 17.8 Å². The van der Waals surface area contributed by atoms with Crippen molar-refractivity contribution in [1.29, 1.82) is 0 Å².